The summed E-state index contributed by atoms with van der Waals surface area (Å²) in [5.41, 5.74) is 2.19. The van der Waals surface area contributed by atoms with Crippen LogP contribution in [0.4, 0.5) is 10.2 Å². The number of pyridine rings is 1. The van der Waals surface area contributed by atoms with Gasteiger partial charge in [-0.25, -0.2) is 23.4 Å². The van der Waals surface area contributed by atoms with E-state index in [9.17, 15) is 17.9 Å². The number of rotatable bonds is 5. The molecule has 35 heavy (non-hydrogen) atoms. The van der Waals surface area contributed by atoms with Crippen LogP contribution in [0.25, 0.3) is 22.0 Å². The van der Waals surface area contributed by atoms with Crippen molar-refractivity contribution in [2.24, 2.45) is 0 Å². The molecule has 3 heterocycles. The van der Waals surface area contributed by atoms with Crippen LogP contribution in [0.3, 0.4) is 0 Å². The Balaban J connectivity index is 1.25. The lowest BCUT2D eigenvalue weighted by Gasteiger charge is -2.41. The number of fused-ring (bicyclic) bond motifs is 1. The van der Waals surface area contributed by atoms with E-state index in [4.69, 9.17) is 0 Å². The maximum atomic E-state index is 13.4. The van der Waals surface area contributed by atoms with Crippen molar-refractivity contribution < 1.29 is 17.9 Å². The lowest BCUT2D eigenvalue weighted by molar-refractivity contribution is 0.109. The fourth-order valence-corrected chi connectivity index (χ4v) is 5.95. The number of aromatic hydroxyl groups is 1. The summed E-state index contributed by atoms with van der Waals surface area (Å²) in [5.74, 6) is -0.630. The van der Waals surface area contributed by atoms with Crippen molar-refractivity contribution in [2.75, 3.05) is 37.8 Å². The van der Waals surface area contributed by atoms with Crippen LogP contribution in [0.2, 0.25) is 0 Å². The second kappa shape index (κ2) is 9.63. The van der Waals surface area contributed by atoms with Crippen molar-refractivity contribution in [1.82, 2.24) is 24.2 Å². The van der Waals surface area contributed by atoms with Gasteiger partial charge in [0.1, 0.15) is 12.1 Å². The number of hydrogen-bond acceptors (Lipinski definition) is 8. The minimum atomic E-state index is -3.11. The zero-order valence-corrected chi connectivity index (χ0v) is 20.4. The third kappa shape index (κ3) is 5.21. The second-order valence-corrected chi connectivity index (χ2v) is 11.3. The summed E-state index contributed by atoms with van der Waals surface area (Å²) in [6.07, 6.45) is 8.30. The van der Waals surface area contributed by atoms with Crippen molar-refractivity contribution in [3.63, 3.8) is 0 Å². The van der Waals surface area contributed by atoms with Crippen molar-refractivity contribution in [3.05, 3.63) is 42.7 Å². The molecule has 2 N–H and O–H groups in total. The van der Waals surface area contributed by atoms with E-state index < -0.39 is 21.7 Å². The van der Waals surface area contributed by atoms with E-state index in [1.165, 1.54) is 18.5 Å². The number of benzene rings is 1. The molecule has 1 aliphatic carbocycles. The van der Waals surface area contributed by atoms with Crippen LogP contribution >= 0.6 is 0 Å². The Hall–Kier alpha value is -2.89. The van der Waals surface area contributed by atoms with Gasteiger partial charge in [0.15, 0.2) is 5.75 Å². The van der Waals surface area contributed by atoms with Crippen LogP contribution in [0.1, 0.15) is 25.7 Å². The molecule has 1 aromatic carbocycles. The van der Waals surface area contributed by atoms with E-state index in [0.717, 1.165) is 61.1 Å². The first-order valence-corrected chi connectivity index (χ1v) is 13.7. The molecule has 2 fully saturated rings. The molecule has 1 saturated heterocycles. The van der Waals surface area contributed by atoms with Gasteiger partial charge in [0, 0.05) is 55.4 Å². The molecule has 0 bridgehead atoms. The zero-order valence-electron chi connectivity index (χ0n) is 19.6. The molecule has 0 atom stereocenters. The number of hydrogen-bond donors (Lipinski definition) is 2. The largest absolute Gasteiger partial charge is 0.504 e. The molecule has 0 radical (unpaired) electrons. The van der Waals surface area contributed by atoms with E-state index >= 15 is 0 Å². The molecule has 2 aliphatic rings. The van der Waals surface area contributed by atoms with E-state index in [2.05, 4.69) is 25.2 Å². The summed E-state index contributed by atoms with van der Waals surface area (Å²) >= 11 is 0. The van der Waals surface area contributed by atoms with E-state index in [1.807, 2.05) is 18.2 Å². The monoisotopic (exact) mass is 500 g/mol. The molecule has 0 spiro atoms. The predicted octanol–water partition coefficient (Wildman–Crippen LogP) is 2.84. The molecule has 0 amide bonds. The Kier molecular flexibility index (Phi) is 6.56. The molecular weight excluding hydrogens is 471 g/mol. The topological polar surface area (TPSA) is 112 Å². The van der Waals surface area contributed by atoms with Gasteiger partial charge >= 0.3 is 0 Å². The number of piperazine rings is 1. The molecule has 9 nitrogen and oxygen atoms in total. The first kappa shape index (κ1) is 23.8. The fourth-order valence-electron chi connectivity index (χ4n) is 5.12. The predicted molar refractivity (Wildman–Crippen MR) is 132 cm³/mol. The highest BCUT2D eigenvalue weighted by atomic mass is 32.2. The number of sulfonamides is 1. The normalized spacial score (nSPS) is 22.3. The first-order valence-electron chi connectivity index (χ1n) is 11.8. The quantitative estimate of drug-likeness (QED) is 0.515. The third-order valence-electron chi connectivity index (χ3n) is 7.09. The average molecular weight is 501 g/mol. The molecule has 1 aliphatic heterocycles. The molecule has 3 aromatic rings. The summed E-state index contributed by atoms with van der Waals surface area (Å²) in [6.45, 7) is 2.69. The summed E-state index contributed by atoms with van der Waals surface area (Å²) in [7, 11) is -3.11. The van der Waals surface area contributed by atoms with Crippen LogP contribution in [0.5, 0.6) is 5.75 Å². The molecule has 0 unspecified atom stereocenters. The molecule has 11 heteroatoms. The molecule has 1 saturated carbocycles. The van der Waals surface area contributed by atoms with Crippen LogP contribution < -0.4 is 5.32 Å². The Morgan fingerprint density at radius 2 is 1.74 bits per heavy atom. The van der Waals surface area contributed by atoms with Gasteiger partial charge in [0.25, 0.3) is 5.95 Å². The maximum Gasteiger partial charge on any atom is 0.255 e. The van der Waals surface area contributed by atoms with Gasteiger partial charge in [0.05, 0.1) is 11.8 Å². The Morgan fingerprint density at radius 1 is 1.00 bits per heavy atom. The Bertz CT molecular complexity index is 1320. The highest BCUT2D eigenvalue weighted by Gasteiger charge is 2.30. The van der Waals surface area contributed by atoms with Crippen molar-refractivity contribution >= 4 is 26.7 Å². The van der Waals surface area contributed by atoms with Crippen LogP contribution in [-0.2, 0) is 10.0 Å². The fraction of sp³-hybridized carbons (Fsp3) is 0.458. The van der Waals surface area contributed by atoms with Gasteiger partial charge in [0.2, 0.25) is 10.0 Å². The van der Waals surface area contributed by atoms with Gasteiger partial charge in [-0.1, -0.05) is 6.07 Å². The van der Waals surface area contributed by atoms with Crippen LogP contribution in [-0.4, -0.2) is 82.2 Å². The van der Waals surface area contributed by atoms with Crippen LogP contribution in [0, 0.1) is 5.95 Å². The van der Waals surface area contributed by atoms with Crippen LogP contribution in [0.15, 0.2) is 36.8 Å². The lowest BCUT2D eigenvalue weighted by Crippen LogP contribution is -2.52. The van der Waals surface area contributed by atoms with E-state index in [1.54, 1.807) is 10.6 Å². The minimum absolute atomic E-state index is 0.279. The lowest BCUT2D eigenvalue weighted by atomic mass is 9.89. The maximum absolute atomic E-state index is 13.4. The van der Waals surface area contributed by atoms with Gasteiger partial charge in [-0.15, -0.1) is 0 Å². The minimum Gasteiger partial charge on any atom is -0.504 e. The molecule has 2 aromatic heterocycles. The third-order valence-corrected chi connectivity index (χ3v) is 8.39. The second-order valence-electron chi connectivity index (χ2n) is 9.34. The summed E-state index contributed by atoms with van der Waals surface area (Å²) in [6, 6.07) is 7.78. The smallest absolute Gasteiger partial charge is 0.255 e. The van der Waals surface area contributed by atoms with Crippen molar-refractivity contribution in [2.45, 2.75) is 37.8 Å². The van der Waals surface area contributed by atoms with Crippen molar-refractivity contribution in [1.29, 1.82) is 0 Å². The number of nitrogens with zero attached hydrogens (tertiary/aromatic N) is 5. The van der Waals surface area contributed by atoms with Crippen molar-refractivity contribution in [3.8, 4) is 16.9 Å². The van der Waals surface area contributed by atoms with E-state index in [-0.39, 0.29) is 6.04 Å². The summed E-state index contributed by atoms with van der Waals surface area (Å²) in [5, 5.41) is 14.1. The highest BCUT2D eigenvalue weighted by Crippen LogP contribution is 2.31. The summed E-state index contributed by atoms with van der Waals surface area (Å²) in [4.78, 5) is 14.9. The van der Waals surface area contributed by atoms with Gasteiger partial charge in [-0.2, -0.15) is 8.70 Å². The SMILES string of the molecule is CS(=O)(=O)N1CCN([C@H]2CC[C@H](Nc3ncnc4ccc(-c5cnc(F)c(O)c5)cc34)CC2)CC1. The number of nitrogens with one attached hydrogen (secondary N) is 1. The van der Waals surface area contributed by atoms with Gasteiger partial charge in [-0.05, 0) is 49.4 Å². The number of aromatic nitrogens is 3. The number of halogens is 1. The van der Waals surface area contributed by atoms with Gasteiger partial charge in [-0.3, -0.25) is 4.90 Å². The summed E-state index contributed by atoms with van der Waals surface area (Å²) < 4.78 is 38.5. The van der Waals surface area contributed by atoms with E-state index in [0.29, 0.717) is 24.7 Å². The molecular formula is C24H29FN6O3S. The first-order chi connectivity index (χ1) is 16.8. The number of anilines is 1. The Morgan fingerprint density at radius 3 is 2.43 bits per heavy atom. The average Bonchev–Trinajstić information content (AvgIpc) is 2.86. The zero-order chi connectivity index (χ0) is 24.6. The van der Waals surface area contributed by atoms with Gasteiger partial charge < -0.3 is 10.4 Å². The standard InChI is InChI=1S/C24H29FN6O3S/c1-35(33,34)31-10-8-30(9-11-31)19-5-3-18(4-6-19)29-24-20-12-16(2-7-21(20)27-15-28-24)17-13-22(32)23(25)26-14-17/h2,7,12-15,18-19,32H,3-6,8-11H2,1H3,(H,27,28,29)/t18-,19-. The highest BCUT2D eigenvalue weighted by molar-refractivity contribution is 7.88. The molecule has 186 valence electrons. The molecule has 5 rings (SSSR count). The Labute approximate surface area is 204 Å².